The van der Waals surface area contributed by atoms with Crippen LogP contribution < -0.4 is 0 Å². The number of fused-ring (bicyclic) bond motifs is 1. The van der Waals surface area contributed by atoms with Crippen LogP contribution in [-0.2, 0) is 0 Å². The summed E-state index contributed by atoms with van der Waals surface area (Å²) in [5.41, 5.74) is 1.94. The molecule has 0 radical (unpaired) electrons. The molecular weight excluding hydrogens is 390 g/mol. The van der Waals surface area contributed by atoms with E-state index in [0.29, 0.717) is 23.8 Å². The van der Waals surface area contributed by atoms with Crippen molar-refractivity contribution >= 4 is 23.2 Å². The van der Waals surface area contributed by atoms with Crippen molar-refractivity contribution in [2.45, 2.75) is 18.8 Å². The van der Waals surface area contributed by atoms with Crippen LogP contribution in [-0.4, -0.2) is 53.5 Å². The molecule has 1 aliphatic rings. The van der Waals surface area contributed by atoms with Crippen molar-refractivity contribution < 1.29 is 4.79 Å². The zero-order chi connectivity index (χ0) is 19.8. The Hall–Kier alpha value is -3.26. The van der Waals surface area contributed by atoms with Gasteiger partial charge >= 0.3 is 0 Å². The van der Waals surface area contributed by atoms with Crippen LogP contribution in [0.5, 0.6) is 0 Å². The van der Waals surface area contributed by atoms with Gasteiger partial charge in [0.15, 0.2) is 11.3 Å². The van der Waals surface area contributed by atoms with Crippen molar-refractivity contribution in [3.63, 3.8) is 0 Å². The Balaban J connectivity index is 1.27. The van der Waals surface area contributed by atoms with Crippen molar-refractivity contribution in [3.05, 3.63) is 71.4 Å². The van der Waals surface area contributed by atoms with Gasteiger partial charge in [0.2, 0.25) is 0 Å². The van der Waals surface area contributed by atoms with Gasteiger partial charge in [0.05, 0.1) is 11.9 Å². The van der Waals surface area contributed by atoms with Gasteiger partial charge in [-0.15, -0.1) is 15.3 Å². The maximum absolute atomic E-state index is 12.9. The second-order valence-electron chi connectivity index (χ2n) is 7.05. The van der Waals surface area contributed by atoms with Gasteiger partial charge in [-0.3, -0.25) is 9.20 Å². The third-order valence-electron chi connectivity index (χ3n) is 5.26. The number of hydrogen-bond donors (Lipinski definition) is 0. The number of carbonyl (C=O) groups excluding carboxylic acids is 1. The van der Waals surface area contributed by atoms with Crippen LogP contribution in [0.1, 0.15) is 35.1 Å². The minimum absolute atomic E-state index is 0.102. The zero-order valence-corrected chi connectivity index (χ0v) is 16.3. The van der Waals surface area contributed by atoms with Gasteiger partial charge in [0, 0.05) is 30.2 Å². The van der Waals surface area contributed by atoms with Crippen LogP contribution in [0.25, 0.3) is 11.3 Å². The number of pyridine rings is 1. The molecule has 1 aliphatic heterocycles. The van der Waals surface area contributed by atoms with Crippen molar-refractivity contribution in [3.8, 4) is 5.69 Å². The van der Waals surface area contributed by atoms with Gasteiger partial charge < -0.3 is 4.90 Å². The summed E-state index contributed by atoms with van der Waals surface area (Å²) in [7, 11) is 0. The van der Waals surface area contributed by atoms with Gasteiger partial charge in [0.25, 0.3) is 5.91 Å². The van der Waals surface area contributed by atoms with Gasteiger partial charge in [-0.25, -0.2) is 0 Å². The Morgan fingerprint density at radius 3 is 2.62 bits per heavy atom. The summed E-state index contributed by atoms with van der Waals surface area (Å²) in [4.78, 5) is 16.1. The first-order valence-corrected chi connectivity index (χ1v) is 9.84. The fourth-order valence-corrected chi connectivity index (χ4v) is 3.83. The predicted molar refractivity (Wildman–Crippen MR) is 107 cm³/mol. The SMILES string of the molecule is O=C(c1cnn(-c2ccc(Cl)cc2)n1)N1CCC(c2nnc3ccccn23)CC1. The lowest BCUT2D eigenvalue weighted by Crippen LogP contribution is -2.38. The molecule has 0 atom stereocenters. The molecule has 0 N–H and O–H groups in total. The number of rotatable bonds is 3. The molecule has 0 aliphatic carbocycles. The average Bonchev–Trinajstić information content (AvgIpc) is 3.42. The minimum Gasteiger partial charge on any atom is -0.337 e. The number of benzene rings is 1. The first-order valence-electron chi connectivity index (χ1n) is 9.46. The molecule has 29 heavy (non-hydrogen) atoms. The summed E-state index contributed by atoms with van der Waals surface area (Å²) < 4.78 is 2.03. The molecule has 0 saturated carbocycles. The van der Waals surface area contributed by atoms with Crippen LogP contribution in [0.3, 0.4) is 0 Å². The number of hydrogen-bond acceptors (Lipinski definition) is 5. The minimum atomic E-state index is -0.102. The van der Waals surface area contributed by atoms with E-state index in [1.807, 2.05) is 45.8 Å². The van der Waals surface area contributed by atoms with E-state index in [1.165, 1.54) is 11.0 Å². The molecule has 3 aromatic heterocycles. The predicted octanol–water partition coefficient (Wildman–Crippen LogP) is 2.98. The van der Waals surface area contributed by atoms with E-state index >= 15 is 0 Å². The molecule has 4 aromatic rings. The summed E-state index contributed by atoms with van der Waals surface area (Å²) in [6.45, 7) is 1.30. The van der Waals surface area contributed by atoms with E-state index < -0.39 is 0 Å². The van der Waals surface area contributed by atoms with Crippen LogP contribution in [0, 0.1) is 0 Å². The fourth-order valence-electron chi connectivity index (χ4n) is 3.70. The first-order chi connectivity index (χ1) is 14.2. The molecular formula is C20H18ClN7O. The van der Waals surface area contributed by atoms with Gasteiger partial charge in [-0.1, -0.05) is 17.7 Å². The molecule has 5 rings (SSSR count). The number of piperidine rings is 1. The van der Waals surface area contributed by atoms with E-state index in [-0.39, 0.29) is 11.8 Å². The fraction of sp³-hybridized carbons (Fsp3) is 0.250. The smallest absolute Gasteiger partial charge is 0.276 e. The Morgan fingerprint density at radius 2 is 1.83 bits per heavy atom. The summed E-state index contributed by atoms with van der Waals surface area (Å²) in [6, 6.07) is 13.0. The third-order valence-corrected chi connectivity index (χ3v) is 5.51. The second-order valence-corrected chi connectivity index (χ2v) is 7.49. The third kappa shape index (κ3) is 3.36. The second kappa shape index (κ2) is 7.29. The monoisotopic (exact) mass is 407 g/mol. The van der Waals surface area contributed by atoms with Crippen molar-refractivity contribution in [2.75, 3.05) is 13.1 Å². The summed E-state index contributed by atoms with van der Waals surface area (Å²) in [5, 5.41) is 17.8. The molecule has 0 unspecified atom stereocenters. The van der Waals surface area contributed by atoms with Crippen molar-refractivity contribution in [1.82, 2.24) is 34.5 Å². The summed E-state index contributed by atoms with van der Waals surface area (Å²) >= 11 is 5.92. The highest BCUT2D eigenvalue weighted by molar-refractivity contribution is 6.30. The normalized spacial score (nSPS) is 15.1. The number of aromatic nitrogens is 6. The van der Waals surface area contributed by atoms with Crippen LogP contribution in [0.15, 0.2) is 54.9 Å². The molecule has 8 nitrogen and oxygen atoms in total. The topological polar surface area (TPSA) is 81.2 Å². The lowest BCUT2D eigenvalue weighted by molar-refractivity contribution is 0.0704. The van der Waals surface area contributed by atoms with E-state index in [4.69, 9.17) is 11.6 Å². The molecule has 146 valence electrons. The van der Waals surface area contributed by atoms with E-state index in [2.05, 4.69) is 20.4 Å². The molecule has 1 saturated heterocycles. The van der Waals surface area contributed by atoms with Crippen molar-refractivity contribution in [2.24, 2.45) is 0 Å². The quantitative estimate of drug-likeness (QED) is 0.521. The first kappa shape index (κ1) is 17.8. The van der Waals surface area contributed by atoms with E-state index in [0.717, 1.165) is 30.0 Å². The van der Waals surface area contributed by atoms with Crippen LogP contribution >= 0.6 is 11.6 Å². The molecule has 1 amide bonds. The summed E-state index contributed by atoms with van der Waals surface area (Å²) in [6.07, 6.45) is 5.17. The Labute approximate surface area is 171 Å². The Kier molecular flexibility index (Phi) is 4.48. The number of amides is 1. The number of halogens is 1. The van der Waals surface area contributed by atoms with Gasteiger partial charge in [-0.2, -0.15) is 9.90 Å². The lowest BCUT2D eigenvalue weighted by Gasteiger charge is -2.30. The standard InChI is InChI=1S/C20H18ClN7O/c21-15-4-6-16(7-5-15)28-22-13-17(25-28)20(29)26-11-8-14(9-12-26)19-24-23-18-3-1-2-10-27(18)19/h1-7,10,13-14H,8-9,11-12H2. The molecule has 0 bridgehead atoms. The number of nitrogens with zero attached hydrogens (tertiary/aromatic N) is 7. The van der Waals surface area contributed by atoms with Gasteiger partial charge in [-0.05, 0) is 49.2 Å². The zero-order valence-electron chi connectivity index (χ0n) is 15.5. The maximum Gasteiger partial charge on any atom is 0.276 e. The van der Waals surface area contributed by atoms with E-state index in [1.54, 1.807) is 12.1 Å². The Bertz CT molecular complexity index is 1160. The largest absolute Gasteiger partial charge is 0.337 e. The molecule has 4 heterocycles. The summed E-state index contributed by atoms with van der Waals surface area (Å²) in [5.74, 6) is 1.14. The molecule has 9 heteroatoms. The highest BCUT2D eigenvalue weighted by Gasteiger charge is 2.28. The van der Waals surface area contributed by atoms with Crippen LogP contribution in [0.2, 0.25) is 5.02 Å². The highest BCUT2D eigenvalue weighted by atomic mass is 35.5. The number of likely N-dealkylation sites (tertiary alicyclic amines) is 1. The molecule has 1 aromatic carbocycles. The van der Waals surface area contributed by atoms with Crippen LogP contribution in [0.4, 0.5) is 0 Å². The highest BCUT2D eigenvalue weighted by Crippen LogP contribution is 2.27. The molecule has 0 spiro atoms. The van der Waals surface area contributed by atoms with Gasteiger partial charge in [0.1, 0.15) is 5.82 Å². The van der Waals surface area contributed by atoms with E-state index in [9.17, 15) is 4.79 Å². The Morgan fingerprint density at radius 1 is 1.03 bits per heavy atom. The molecule has 1 fully saturated rings. The number of carbonyl (C=O) groups is 1. The van der Waals surface area contributed by atoms with Crippen molar-refractivity contribution in [1.29, 1.82) is 0 Å². The maximum atomic E-state index is 12.9. The lowest BCUT2D eigenvalue weighted by atomic mass is 9.96. The average molecular weight is 408 g/mol.